The molecule has 0 bridgehead atoms. The number of aromatic nitrogens is 3. The average molecular weight is 384 g/mol. The van der Waals surface area contributed by atoms with E-state index in [0.29, 0.717) is 5.69 Å². The van der Waals surface area contributed by atoms with Gasteiger partial charge in [0.15, 0.2) is 4.34 Å². The first-order valence-corrected chi connectivity index (χ1v) is 9.77. The van der Waals surface area contributed by atoms with E-state index in [9.17, 15) is 9.59 Å². The van der Waals surface area contributed by atoms with E-state index in [4.69, 9.17) is 0 Å². The van der Waals surface area contributed by atoms with E-state index >= 15 is 0 Å². The highest BCUT2D eigenvalue weighted by Gasteiger charge is 2.11. The van der Waals surface area contributed by atoms with Crippen molar-refractivity contribution >= 4 is 55.9 Å². The van der Waals surface area contributed by atoms with Crippen LogP contribution in [0.2, 0.25) is 0 Å². The largest absolute Gasteiger partial charge is 0.328 e. The van der Waals surface area contributed by atoms with Crippen LogP contribution in [0.15, 0.2) is 51.6 Å². The number of aryl methyl sites for hydroxylation is 2. The second-order valence-corrected chi connectivity index (χ2v) is 8.14. The second kappa shape index (κ2) is 6.62. The summed E-state index contributed by atoms with van der Waals surface area (Å²) < 4.78 is 5.15. The highest BCUT2D eigenvalue weighted by Crippen LogP contribution is 2.29. The van der Waals surface area contributed by atoms with E-state index < -0.39 is 0 Å². The molecule has 8 heteroatoms. The maximum atomic E-state index is 12.3. The third kappa shape index (κ3) is 3.02. The summed E-state index contributed by atoms with van der Waals surface area (Å²) in [5, 5.41) is 2.89. The average Bonchev–Trinajstić information content (AvgIpc) is 3.15. The van der Waals surface area contributed by atoms with Crippen LogP contribution in [0.1, 0.15) is 0 Å². The van der Waals surface area contributed by atoms with Crippen LogP contribution in [0, 0.1) is 0 Å². The number of thioether (sulfide) groups is 1. The number of nitrogens with one attached hydrogen (secondary N) is 1. The number of carbonyl (C=O) groups excluding carboxylic acids is 1. The Kier molecular flexibility index (Phi) is 4.29. The first-order valence-electron chi connectivity index (χ1n) is 7.96. The van der Waals surface area contributed by atoms with Crippen molar-refractivity contribution in [1.82, 2.24) is 14.1 Å². The SMILES string of the molecule is Cn1c(=O)n(C)c2cc(NC(=O)CSc3nc4ccccc4s3)ccc21. The monoisotopic (exact) mass is 384 g/mol. The van der Waals surface area contributed by atoms with Gasteiger partial charge in [0.05, 0.1) is 27.0 Å². The zero-order valence-electron chi connectivity index (χ0n) is 14.2. The van der Waals surface area contributed by atoms with Gasteiger partial charge in [-0.25, -0.2) is 9.78 Å². The zero-order chi connectivity index (χ0) is 18.3. The molecule has 0 unspecified atom stereocenters. The number of rotatable bonds is 4. The Balaban J connectivity index is 1.46. The smallest absolute Gasteiger partial charge is 0.325 e. The number of fused-ring (bicyclic) bond motifs is 2. The van der Waals surface area contributed by atoms with Gasteiger partial charge in [0, 0.05) is 19.8 Å². The lowest BCUT2D eigenvalue weighted by Crippen LogP contribution is -2.19. The van der Waals surface area contributed by atoms with Crippen molar-refractivity contribution in [2.75, 3.05) is 11.1 Å². The fourth-order valence-electron chi connectivity index (χ4n) is 2.82. The third-order valence-electron chi connectivity index (χ3n) is 4.16. The number of anilines is 1. The molecule has 2 aromatic heterocycles. The van der Waals surface area contributed by atoms with Crippen molar-refractivity contribution in [1.29, 1.82) is 0 Å². The van der Waals surface area contributed by atoms with Crippen LogP contribution in [-0.4, -0.2) is 25.8 Å². The van der Waals surface area contributed by atoms with Crippen molar-refractivity contribution in [2.24, 2.45) is 14.1 Å². The van der Waals surface area contributed by atoms with E-state index in [1.54, 1.807) is 34.6 Å². The third-order valence-corrected chi connectivity index (χ3v) is 6.34. The van der Waals surface area contributed by atoms with Crippen LogP contribution >= 0.6 is 23.1 Å². The maximum Gasteiger partial charge on any atom is 0.328 e. The summed E-state index contributed by atoms with van der Waals surface area (Å²) in [6.07, 6.45) is 0. The second-order valence-electron chi connectivity index (χ2n) is 5.89. The predicted molar refractivity (Wildman–Crippen MR) is 107 cm³/mol. The van der Waals surface area contributed by atoms with Crippen molar-refractivity contribution in [2.45, 2.75) is 4.34 Å². The van der Waals surface area contributed by atoms with Gasteiger partial charge < -0.3 is 5.32 Å². The van der Waals surface area contributed by atoms with Crippen molar-refractivity contribution in [3.8, 4) is 0 Å². The minimum atomic E-state index is -0.102. The van der Waals surface area contributed by atoms with Gasteiger partial charge >= 0.3 is 5.69 Å². The predicted octanol–water partition coefficient (Wildman–Crippen LogP) is 3.22. The minimum absolute atomic E-state index is 0.0881. The minimum Gasteiger partial charge on any atom is -0.325 e. The molecular formula is C18H16N4O2S2. The summed E-state index contributed by atoms with van der Waals surface area (Å²) in [5.41, 5.74) is 3.16. The number of benzene rings is 2. The van der Waals surface area contributed by atoms with Crippen LogP contribution in [0.25, 0.3) is 21.3 Å². The van der Waals surface area contributed by atoms with Crippen LogP contribution in [-0.2, 0) is 18.9 Å². The number of nitrogens with zero attached hydrogens (tertiary/aromatic N) is 3. The van der Waals surface area contributed by atoms with Gasteiger partial charge in [-0.3, -0.25) is 13.9 Å². The van der Waals surface area contributed by atoms with Gasteiger partial charge in [-0.05, 0) is 30.3 Å². The Labute approximate surface area is 157 Å². The molecule has 0 atom stereocenters. The number of para-hydroxylation sites is 1. The Bertz CT molecular complexity index is 1160. The molecule has 4 aromatic rings. The fraction of sp³-hybridized carbons (Fsp3) is 0.167. The Morgan fingerprint density at radius 1 is 1.15 bits per heavy atom. The lowest BCUT2D eigenvalue weighted by Gasteiger charge is -2.05. The van der Waals surface area contributed by atoms with E-state index in [2.05, 4.69) is 10.3 Å². The fourth-order valence-corrected chi connectivity index (χ4v) is 4.69. The highest BCUT2D eigenvalue weighted by atomic mass is 32.2. The summed E-state index contributed by atoms with van der Waals surface area (Å²) in [7, 11) is 3.46. The molecule has 6 nitrogen and oxygen atoms in total. The molecule has 132 valence electrons. The van der Waals surface area contributed by atoms with E-state index in [1.165, 1.54) is 11.8 Å². The van der Waals surface area contributed by atoms with Crippen molar-refractivity contribution in [3.05, 3.63) is 52.9 Å². The maximum absolute atomic E-state index is 12.3. The molecular weight excluding hydrogens is 368 g/mol. The molecule has 0 aliphatic carbocycles. The molecule has 1 amide bonds. The molecule has 4 rings (SSSR count). The number of hydrogen-bond acceptors (Lipinski definition) is 5. The zero-order valence-corrected chi connectivity index (χ0v) is 15.9. The van der Waals surface area contributed by atoms with Gasteiger partial charge in [-0.15, -0.1) is 11.3 Å². The first kappa shape index (κ1) is 16.9. The van der Waals surface area contributed by atoms with Crippen molar-refractivity contribution < 1.29 is 4.79 Å². The molecule has 2 aromatic carbocycles. The Morgan fingerprint density at radius 3 is 2.73 bits per heavy atom. The highest BCUT2D eigenvalue weighted by molar-refractivity contribution is 8.01. The van der Waals surface area contributed by atoms with Gasteiger partial charge in [0.25, 0.3) is 0 Å². The van der Waals surface area contributed by atoms with Crippen LogP contribution in [0.4, 0.5) is 5.69 Å². The van der Waals surface area contributed by atoms with E-state index in [0.717, 1.165) is 25.6 Å². The summed E-state index contributed by atoms with van der Waals surface area (Å²) in [4.78, 5) is 28.8. The molecule has 0 aliphatic heterocycles. The van der Waals surface area contributed by atoms with Crippen LogP contribution in [0.3, 0.4) is 0 Å². The molecule has 26 heavy (non-hydrogen) atoms. The number of amides is 1. The van der Waals surface area contributed by atoms with Gasteiger partial charge in [-0.2, -0.15) is 0 Å². The quantitative estimate of drug-likeness (QED) is 0.549. The topological polar surface area (TPSA) is 68.9 Å². The molecule has 0 fully saturated rings. The molecule has 1 N–H and O–H groups in total. The molecule has 0 saturated carbocycles. The summed E-state index contributed by atoms with van der Waals surface area (Å²) in [5.74, 6) is 0.181. The normalized spacial score (nSPS) is 11.3. The first-order chi connectivity index (χ1) is 12.5. The van der Waals surface area contributed by atoms with Crippen LogP contribution < -0.4 is 11.0 Å². The standard InChI is InChI=1S/C18H16N4O2S2/c1-21-13-8-7-11(9-14(13)22(2)18(21)24)19-16(23)10-25-17-20-12-5-3-4-6-15(12)26-17/h3-9H,10H2,1-2H3,(H,19,23). The Hall–Kier alpha value is -2.58. The number of imidazole rings is 1. The molecule has 0 spiro atoms. The summed E-state index contributed by atoms with van der Waals surface area (Å²) >= 11 is 3.01. The number of carbonyl (C=O) groups is 1. The van der Waals surface area contributed by atoms with Crippen LogP contribution in [0.5, 0.6) is 0 Å². The number of thiazole rings is 1. The van der Waals surface area contributed by atoms with Crippen molar-refractivity contribution in [3.63, 3.8) is 0 Å². The number of hydrogen-bond donors (Lipinski definition) is 1. The van der Waals surface area contributed by atoms with Gasteiger partial charge in [0.2, 0.25) is 5.91 Å². The lowest BCUT2D eigenvalue weighted by molar-refractivity contribution is -0.113. The molecule has 0 saturated heterocycles. The van der Waals surface area contributed by atoms with Gasteiger partial charge in [-0.1, -0.05) is 23.9 Å². The summed E-state index contributed by atoms with van der Waals surface area (Å²) in [6, 6.07) is 13.4. The summed E-state index contributed by atoms with van der Waals surface area (Å²) in [6.45, 7) is 0. The van der Waals surface area contributed by atoms with E-state index in [-0.39, 0.29) is 17.3 Å². The lowest BCUT2D eigenvalue weighted by atomic mass is 10.2. The molecule has 0 radical (unpaired) electrons. The molecule has 0 aliphatic rings. The van der Waals surface area contributed by atoms with Gasteiger partial charge in [0.1, 0.15) is 0 Å². The Morgan fingerprint density at radius 2 is 1.92 bits per heavy atom. The molecule has 2 heterocycles. The van der Waals surface area contributed by atoms with E-state index in [1.807, 2.05) is 42.5 Å².